The van der Waals surface area contributed by atoms with Gasteiger partial charge in [-0.15, -0.1) is 0 Å². The van der Waals surface area contributed by atoms with Gasteiger partial charge in [-0.1, -0.05) is 52.0 Å². The molecule has 2 aromatic carbocycles. The van der Waals surface area contributed by atoms with Gasteiger partial charge in [0.05, 0.1) is 0 Å². The Morgan fingerprint density at radius 2 is 1.76 bits per heavy atom. The van der Waals surface area contributed by atoms with Gasteiger partial charge in [-0.05, 0) is 52.6 Å². The first-order valence-electron chi connectivity index (χ1n) is 8.93. The van der Waals surface area contributed by atoms with Gasteiger partial charge in [-0.25, -0.2) is 0 Å². The van der Waals surface area contributed by atoms with Crippen molar-refractivity contribution in [1.82, 2.24) is 4.57 Å². The average Bonchev–Trinajstić information content (AvgIpc) is 2.97. The van der Waals surface area contributed by atoms with Gasteiger partial charge in [0.15, 0.2) is 0 Å². The highest BCUT2D eigenvalue weighted by molar-refractivity contribution is 5.93. The highest BCUT2D eigenvalue weighted by Crippen LogP contribution is 2.25. The Morgan fingerprint density at radius 1 is 1.00 bits per heavy atom. The molecule has 130 valence electrons. The summed E-state index contributed by atoms with van der Waals surface area (Å²) in [6.45, 7) is 8.97. The monoisotopic (exact) mass is 334 g/mol. The predicted molar refractivity (Wildman–Crippen MR) is 105 cm³/mol. The molecule has 0 aliphatic heterocycles. The topological polar surface area (TPSA) is 34.0 Å². The Kier molecular flexibility index (Phi) is 4.93. The van der Waals surface area contributed by atoms with Gasteiger partial charge in [0, 0.05) is 17.4 Å². The van der Waals surface area contributed by atoms with Crippen molar-refractivity contribution >= 4 is 22.5 Å². The average molecular weight is 334 g/mol. The molecule has 3 nitrogen and oxygen atoms in total. The summed E-state index contributed by atoms with van der Waals surface area (Å²) in [5.41, 5.74) is 4.48. The van der Waals surface area contributed by atoms with Crippen LogP contribution in [0, 0.1) is 0 Å². The Hall–Kier alpha value is -2.55. The highest BCUT2D eigenvalue weighted by Gasteiger charge is 2.11. The minimum absolute atomic E-state index is 0.00136. The molecule has 0 unspecified atom stereocenters. The smallest absolute Gasteiger partial charge is 0.244 e. The number of rotatable bonds is 5. The maximum atomic E-state index is 12.5. The lowest BCUT2D eigenvalue weighted by Crippen LogP contribution is -2.19. The third-order valence-electron chi connectivity index (χ3n) is 4.63. The molecule has 25 heavy (non-hydrogen) atoms. The first-order chi connectivity index (χ1) is 12.0. The minimum Gasteiger partial charge on any atom is -0.338 e. The van der Waals surface area contributed by atoms with Crippen LogP contribution in [0.4, 0.5) is 5.69 Å². The number of carbonyl (C=O) groups is 1. The van der Waals surface area contributed by atoms with E-state index in [1.54, 1.807) is 0 Å². The molecule has 1 N–H and O–H groups in total. The quantitative estimate of drug-likeness (QED) is 0.654. The lowest BCUT2D eigenvalue weighted by Gasteiger charge is -2.14. The van der Waals surface area contributed by atoms with Crippen LogP contribution in [0.25, 0.3) is 10.9 Å². The Bertz CT molecular complexity index is 890. The third-order valence-corrected chi connectivity index (χ3v) is 4.63. The van der Waals surface area contributed by atoms with E-state index >= 15 is 0 Å². The van der Waals surface area contributed by atoms with Gasteiger partial charge in [0.1, 0.15) is 6.54 Å². The number of anilines is 1. The van der Waals surface area contributed by atoms with Gasteiger partial charge in [0.25, 0.3) is 0 Å². The van der Waals surface area contributed by atoms with Gasteiger partial charge in [0.2, 0.25) is 5.91 Å². The Balaban J connectivity index is 1.79. The van der Waals surface area contributed by atoms with E-state index < -0.39 is 0 Å². The maximum Gasteiger partial charge on any atom is 0.244 e. The molecular weight excluding hydrogens is 308 g/mol. The van der Waals surface area contributed by atoms with Crippen molar-refractivity contribution in [3.63, 3.8) is 0 Å². The molecule has 0 atom stereocenters. The molecule has 0 saturated heterocycles. The SMILES string of the molecule is CC(C)c1ccc2c(ccn2CC(=O)Nc2ccccc2C(C)C)c1. The number of amides is 1. The molecule has 0 spiro atoms. The molecule has 0 aliphatic rings. The van der Waals surface area contributed by atoms with Crippen molar-refractivity contribution < 1.29 is 4.79 Å². The van der Waals surface area contributed by atoms with Gasteiger partial charge < -0.3 is 9.88 Å². The Morgan fingerprint density at radius 3 is 2.48 bits per heavy atom. The number of nitrogens with one attached hydrogen (secondary N) is 1. The number of benzene rings is 2. The molecule has 1 aromatic heterocycles. The Labute approximate surface area is 149 Å². The third kappa shape index (κ3) is 3.76. The summed E-state index contributed by atoms with van der Waals surface area (Å²) in [5, 5.41) is 4.25. The fourth-order valence-electron chi connectivity index (χ4n) is 3.17. The molecule has 3 rings (SSSR count). The van der Waals surface area contributed by atoms with Crippen LogP contribution >= 0.6 is 0 Å². The number of hydrogen-bond acceptors (Lipinski definition) is 1. The first kappa shape index (κ1) is 17.3. The molecule has 0 aliphatic carbocycles. The number of carbonyl (C=O) groups excluding carboxylic acids is 1. The van der Waals surface area contributed by atoms with E-state index in [9.17, 15) is 4.79 Å². The van der Waals surface area contributed by atoms with Gasteiger partial charge in [-0.3, -0.25) is 4.79 Å². The summed E-state index contributed by atoms with van der Waals surface area (Å²) >= 11 is 0. The standard InChI is InChI=1S/C22H26N2O/c1-15(2)17-9-10-21-18(13-17)11-12-24(21)14-22(25)23-20-8-6-5-7-19(20)16(3)4/h5-13,15-16H,14H2,1-4H3,(H,23,25). The second-order valence-corrected chi connectivity index (χ2v) is 7.21. The van der Waals surface area contributed by atoms with E-state index in [2.05, 4.69) is 63.3 Å². The van der Waals surface area contributed by atoms with Crippen molar-refractivity contribution in [3.05, 3.63) is 65.9 Å². The van der Waals surface area contributed by atoms with Crippen LogP contribution in [-0.2, 0) is 11.3 Å². The second kappa shape index (κ2) is 7.14. The highest BCUT2D eigenvalue weighted by atomic mass is 16.1. The number of aromatic nitrogens is 1. The lowest BCUT2D eigenvalue weighted by atomic mass is 10.0. The minimum atomic E-state index is -0.00136. The largest absolute Gasteiger partial charge is 0.338 e. The molecule has 0 saturated carbocycles. The van der Waals surface area contributed by atoms with E-state index in [1.807, 2.05) is 29.0 Å². The molecule has 1 heterocycles. The van der Waals surface area contributed by atoms with Crippen LogP contribution in [0.2, 0.25) is 0 Å². The molecule has 0 radical (unpaired) electrons. The number of para-hydroxylation sites is 1. The number of fused-ring (bicyclic) bond motifs is 1. The van der Waals surface area contributed by atoms with E-state index in [1.165, 1.54) is 10.9 Å². The van der Waals surface area contributed by atoms with Crippen LogP contribution in [-0.4, -0.2) is 10.5 Å². The van der Waals surface area contributed by atoms with E-state index in [0.29, 0.717) is 18.4 Å². The normalized spacial score (nSPS) is 11.4. The second-order valence-electron chi connectivity index (χ2n) is 7.21. The molecule has 1 amide bonds. The zero-order valence-electron chi connectivity index (χ0n) is 15.4. The van der Waals surface area contributed by atoms with Crippen molar-refractivity contribution in [2.45, 2.75) is 46.1 Å². The van der Waals surface area contributed by atoms with Crippen LogP contribution in [0.5, 0.6) is 0 Å². The summed E-state index contributed by atoms with van der Waals surface area (Å²) in [5.74, 6) is 0.875. The summed E-state index contributed by atoms with van der Waals surface area (Å²) in [4.78, 5) is 12.5. The zero-order chi connectivity index (χ0) is 18.0. The summed E-state index contributed by atoms with van der Waals surface area (Å²) < 4.78 is 2.01. The summed E-state index contributed by atoms with van der Waals surface area (Å²) in [6.07, 6.45) is 1.99. The van der Waals surface area contributed by atoms with Crippen LogP contribution in [0.1, 0.15) is 50.7 Å². The molecule has 3 aromatic rings. The number of nitrogens with zero attached hydrogens (tertiary/aromatic N) is 1. The molecule has 0 fully saturated rings. The first-order valence-corrected chi connectivity index (χ1v) is 8.93. The predicted octanol–water partition coefficient (Wildman–Crippen LogP) is 5.53. The van der Waals surface area contributed by atoms with Crippen molar-refractivity contribution in [1.29, 1.82) is 0 Å². The molecule has 0 bridgehead atoms. The number of hydrogen-bond donors (Lipinski definition) is 1. The van der Waals surface area contributed by atoms with Crippen molar-refractivity contribution in [3.8, 4) is 0 Å². The van der Waals surface area contributed by atoms with E-state index in [4.69, 9.17) is 0 Å². The van der Waals surface area contributed by atoms with E-state index in [-0.39, 0.29) is 5.91 Å². The van der Waals surface area contributed by atoms with Crippen LogP contribution in [0.15, 0.2) is 54.7 Å². The summed E-state index contributed by atoms with van der Waals surface area (Å²) in [6, 6.07) is 16.6. The van der Waals surface area contributed by atoms with Crippen LogP contribution in [0.3, 0.4) is 0 Å². The fourth-order valence-corrected chi connectivity index (χ4v) is 3.17. The van der Waals surface area contributed by atoms with Crippen LogP contribution < -0.4 is 5.32 Å². The summed E-state index contributed by atoms with van der Waals surface area (Å²) in [7, 11) is 0. The zero-order valence-corrected chi connectivity index (χ0v) is 15.4. The van der Waals surface area contributed by atoms with E-state index in [0.717, 1.165) is 16.8 Å². The van der Waals surface area contributed by atoms with Crippen molar-refractivity contribution in [2.24, 2.45) is 0 Å². The lowest BCUT2D eigenvalue weighted by molar-refractivity contribution is -0.116. The van der Waals surface area contributed by atoms with Gasteiger partial charge >= 0.3 is 0 Å². The molecule has 3 heteroatoms. The molecular formula is C22H26N2O. The van der Waals surface area contributed by atoms with Gasteiger partial charge in [-0.2, -0.15) is 0 Å². The maximum absolute atomic E-state index is 12.5. The van der Waals surface area contributed by atoms with Crippen molar-refractivity contribution in [2.75, 3.05) is 5.32 Å². The fraction of sp³-hybridized carbons (Fsp3) is 0.318.